The molecule has 4 nitrogen and oxygen atoms in total. The molecule has 1 atom stereocenters. The lowest BCUT2D eigenvalue weighted by Crippen LogP contribution is -2.46. The molecule has 0 spiro atoms. The summed E-state index contributed by atoms with van der Waals surface area (Å²) < 4.78 is 0. The molecule has 1 saturated heterocycles. The van der Waals surface area contributed by atoms with Gasteiger partial charge in [0.2, 0.25) is 5.91 Å². The highest BCUT2D eigenvalue weighted by atomic mass is 16.2. The Morgan fingerprint density at radius 1 is 1.19 bits per heavy atom. The average Bonchev–Trinajstić information content (AvgIpc) is 2.88. The normalized spacial score (nSPS) is 19.0. The van der Waals surface area contributed by atoms with Gasteiger partial charge in [-0.1, -0.05) is 34.6 Å². The van der Waals surface area contributed by atoms with E-state index in [1.807, 2.05) is 0 Å². The van der Waals surface area contributed by atoms with E-state index in [1.54, 1.807) is 0 Å². The van der Waals surface area contributed by atoms with E-state index >= 15 is 0 Å². The Morgan fingerprint density at radius 3 is 2.24 bits per heavy atom. The molecule has 1 rings (SSSR count). The summed E-state index contributed by atoms with van der Waals surface area (Å²) in [7, 11) is 0. The quantitative estimate of drug-likeness (QED) is 0.709. The van der Waals surface area contributed by atoms with Gasteiger partial charge in [0.05, 0.1) is 6.54 Å². The fraction of sp³-hybridized carbons (Fsp3) is 0.941. The van der Waals surface area contributed by atoms with Gasteiger partial charge in [-0.3, -0.25) is 9.69 Å². The van der Waals surface area contributed by atoms with Crippen LogP contribution in [0.25, 0.3) is 0 Å². The first-order chi connectivity index (χ1) is 9.92. The molecule has 0 saturated carbocycles. The van der Waals surface area contributed by atoms with Gasteiger partial charge in [0.1, 0.15) is 0 Å². The number of hydrogen-bond donors (Lipinski definition) is 1. The van der Waals surface area contributed by atoms with Gasteiger partial charge in [0, 0.05) is 25.7 Å². The number of amides is 1. The minimum absolute atomic E-state index is 0.289. The van der Waals surface area contributed by atoms with Crippen LogP contribution in [0.4, 0.5) is 0 Å². The van der Waals surface area contributed by atoms with Gasteiger partial charge < -0.3 is 10.2 Å². The van der Waals surface area contributed by atoms with Crippen molar-refractivity contribution in [2.24, 2.45) is 11.8 Å². The molecule has 0 aromatic rings. The van der Waals surface area contributed by atoms with Crippen molar-refractivity contribution in [3.05, 3.63) is 0 Å². The van der Waals surface area contributed by atoms with E-state index in [2.05, 4.69) is 49.7 Å². The molecule has 0 radical (unpaired) electrons. The lowest BCUT2D eigenvalue weighted by atomic mass is 10.1. The van der Waals surface area contributed by atoms with Crippen LogP contribution in [0.15, 0.2) is 0 Å². The Hall–Kier alpha value is -0.610. The molecule has 0 bridgehead atoms. The highest BCUT2D eigenvalue weighted by Crippen LogP contribution is 2.09. The summed E-state index contributed by atoms with van der Waals surface area (Å²) in [5.41, 5.74) is 0. The lowest BCUT2D eigenvalue weighted by Gasteiger charge is -2.30. The molecule has 1 amide bonds. The van der Waals surface area contributed by atoms with Crippen LogP contribution in [0, 0.1) is 11.8 Å². The van der Waals surface area contributed by atoms with Crippen LogP contribution in [0.5, 0.6) is 0 Å². The minimum Gasteiger partial charge on any atom is -0.341 e. The smallest absolute Gasteiger partial charge is 0.236 e. The van der Waals surface area contributed by atoms with Crippen LogP contribution in [-0.4, -0.2) is 61.0 Å². The van der Waals surface area contributed by atoms with Crippen LogP contribution in [0.1, 0.15) is 47.5 Å². The predicted molar refractivity (Wildman–Crippen MR) is 89.4 cm³/mol. The van der Waals surface area contributed by atoms with Crippen LogP contribution >= 0.6 is 0 Å². The van der Waals surface area contributed by atoms with Crippen LogP contribution in [0.2, 0.25) is 0 Å². The molecule has 1 aliphatic rings. The van der Waals surface area contributed by atoms with E-state index in [9.17, 15) is 4.79 Å². The largest absolute Gasteiger partial charge is 0.341 e. The molecule has 0 aromatic carbocycles. The fourth-order valence-corrected chi connectivity index (χ4v) is 2.98. The maximum Gasteiger partial charge on any atom is 0.236 e. The van der Waals surface area contributed by atoms with Crippen LogP contribution in [0.3, 0.4) is 0 Å². The third-order valence-corrected chi connectivity index (χ3v) is 3.97. The number of likely N-dealkylation sites (N-methyl/N-ethyl adjacent to an activating group) is 1. The van der Waals surface area contributed by atoms with E-state index in [4.69, 9.17) is 0 Å². The highest BCUT2D eigenvalue weighted by molar-refractivity contribution is 5.78. The fourth-order valence-electron chi connectivity index (χ4n) is 2.98. The first kappa shape index (κ1) is 18.4. The summed E-state index contributed by atoms with van der Waals surface area (Å²) in [6.07, 6.45) is 2.51. The number of carbonyl (C=O) groups is 1. The second-order valence-corrected chi connectivity index (χ2v) is 7.21. The zero-order valence-corrected chi connectivity index (χ0v) is 14.7. The van der Waals surface area contributed by atoms with Gasteiger partial charge in [-0.15, -0.1) is 0 Å². The van der Waals surface area contributed by atoms with Gasteiger partial charge >= 0.3 is 0 Å². The zero-order chi connectivity index (χ0) is 15.8. The molecular formula is C17H35N3O. The third kappa shape index (κ3) is 7.28. The van der Waals surface area contributed by atoms with E-state index in [0.717, 1.165) is 32.7 Å². The Balaban J connectivity index is 2.51. The molecule has 0 aromatic heterocycles. The molecule has 1 N–H and O–H groups in total. The van der Waals surface area contributed by atoms with Crippen LogP contribution < -0.4 is 5.32 Å². The standard InChI is InChI=1S/C17H35N3O/c1-6-19(12-16-8-7-9-18-16)13-17(21)20(10-14(2)3)11-15(4)5/h14-16,18H,6-13H2,1-5H3. The maximum absolute atomic E-state index is 12.6. The summed E-state index contributed by atoms with van der Waals surface area (Å²) in [6, 6.07) is 0.571. The predicted octanol–water partition coefficient (Wildman–Crippen LogP) is 2.20. The van der Waals surface area contributed by atoms with Crippen molar-refractivity contribution in [1.82, 2.24) is 15.1 Å². The number of nitrogens with one attached hydrogen (secondary N) is 1. The van der Waals surface area contributed by atoms with Gasteiger partial charge in [-0.25, -0.2) is 0 Å². The Morgan fingerprint density at radius 2 is 1.81 bits per heavy atom. The number of carbonyl (C=O) groups excluding carboxylic acids is 1. The van der Waals surface area contributed by atoms with Gasteiger partial charge in [-0.2, -0.15) is 0 Å². The van der Waals surface area contributed by atoms with Crippen molar-refractivity contribution < 1.29 is 4.79 Å². The summed E-state index contributed by atoms with van der Waals surface area (Å²) >= 11 is 0. The first-order valence-electron chi connectivity index (χ1n) is 8.65. The van der Waals surface area contributed by atoms with Gasteiger partial charge in [0.25, 0.3) is 0 Å². The molecular weight excluding hydrogens is 262 g/mol. The minimum atomic E-state index is 0.289. The van der Waals surface area contributed by atoms with Crippen molar-refractivity contribution >= 4 is 5.91 Å². The van der Waals surface area contributed by atoms with Crippen molar-refractivity contribution in [3.8, 4) is 0 Å². The van der Waals surface area contributed by atoms with Gasteiger partial charge in [-0.05, 0) is 37.8 Å². The Bertz CT molecular complexity index is 288. The van der Waals surface area contributed by atoms with Crippen molar-refractivity contribution in [1.29, 1.82) is 0 Å². The highest BCUT2D eigenvalue weighted by Gasteiger charge is 2.22. The molecule has 1 aliphatic heterocycles. The van der Waals surface area contributed by atoms with Crippen LogP contribution in [-0.2, 0) is 4.79 Å². The maximum atomic E-state index is 12.6. The lowest BCUT2D eigenvalue weighted by molar-refractivity contribution is -0.133. The third-order valence-electron chi connectivity index (χ3n) is 3.97. The molecule has 0 aliphatic carbocycles. The monoisotopic (exact) mass is 297 g/mol. The average molecular weight is 297 g/mol. The van der Waals surface area contributed by atoms with E-state index in [1.165, 1.54) is 12.8 Å². The van der Waals surface area contributed by atoms with Crippen molar-refractivity contribution in [2.45, 2.75) is 53.5 Å². The molecule has 124 valence electrons. The topological polar surface area (TPSA) is 35.6 Å². The molecule has 1 heterocycles. The summed E-state index contributed by atoms with van der Waals surface area (Å²) in [4.78, 5) is 17.0. The second-order valence-electron chi connectivity index (χ2n) is 7.21. The Kier molecular flexibility index (Phi) is 8.27. The SMILES string of the molecule is CCN(CC(=O)N(CC(C)C)CC(C)C)CC1CCCN1. The second kappa shape index (κ2) is 9.42. The molecule has 1 fully saturated rings. The van der Waals surface area contributed by atoms with Crippen molar-refractivity contribution in [2.75, 3.05) is 39.3 Å². The zero-order valence-electron chi connectivity index (χ0n) is 14.7. The van der Waals surface area contributed by atoms with Crippen molar-refractivity contribution in [3.63, 3.8) is 0 Å². The summed E-state index contributed by atoms with van der Waals surface area (Å²) in [6.45, 7) is 16.3. The molecule has 1 unspecified atom stereocenters. The molecule has 4 heteroatoms. The number of hydrogen-bond acceptors (Lipinski definition) is 3. The van der Waals surface area contributed by atoms with E-state index in [0.29, 0.717) is 24.4 Å². The molecule has 21 heavy (non-hydrogen) atoms. The summed E-state index contributed by atoms with van der Waals surface area (Å²) in [5, 5.41) is 3.52. The summed E-state index contributed by atoms with van der Waals surface area (Å²) in [5.74, 6) is 1.34. The van der Waals surface area contributed by atoms with Gasteiger partial charge in [0.15, 0.2) is 0 Å². The van der Waals surface area contributed by atoms with E-state index < -0.39 is 0 Å². The van der Waals surface area contributed by atoms with E-state index in [-0.39, 0.29) is 5.91 Å². The number of nitrogens with zero attached hydrogens (tertiary/aromatic N) is 2. The number of rotatable bonds is 9. The Labute approximate surface area is 131 Å². The first-order valence-corrected chi connectivity index (χ1v) is 8.65.